The van der Waals surface area contributed by atoms with E-state index in [9.17, 15) is 19.0 Å². The molecule has 8 atom stereocenters. The maximum atomic E-state index is 16.9. The minimum Gasteiger partial charge on any atom is -0.369 e. The van der Waals surface area contributed by atoms with Gasteiger partial charge in [-0.2, -0.15) is 9.67 Å². The van der Waals surface area contributed by atoms with Crippen molar-refractivity contribution in [3.05, 3.63) is 33.4 Å². The number of H-pyrrole nitrogens is 2. The highest BCUT2D eigenvalue weighted by Crippen LogP contribution is 2.61. The number of nitrogen functional groups attached to an aromatic ring is 1. The molecule has 7 heterocycles. The molecule has 5 N–H and O–H groups in total. The van der Waals surface area contributed by atoms with Gasteiger partial charge in [-0.25, -0.2) is 23.3 Å². The Labute approximate surface area is 257 Å². The molecule has 45 heavy (non-hydrogen) atoms. The second-order valence-electron chi connectivity index (χ2n) is 10.1. The Bertz CT molecular complexity index is 2050. The molecular formula is C19H20F2N10O10P2S2. The molecule has 0 radical (unpaired) electrons. The maximum Gasteiger partial charge on any atom is 0.388 e. The van der Waals surface area contributed by atoms with Crippen LogP contribution in [0.15, 0.2) is 22.2 Å². The summed E-state index contributed by atoms with van der Waals surface area (Å²) in [4.78, 5) is 51.9. The maximum absolute atomic E-state index is 16.9. The van der Waals surface area contributed by atoms with Gasteiger partial charge in [0, 0.05) is 0 Å². The molecule has 3 aliphatic rings. The second kappa shape index (κ2) is 10.6. The fraction of sp³-hybridized carbons (Fsp3) is 0.526. The number of nitrogens with one attached hydrogen (secondary N) is 2. The van der Waals surface area contributed by atoms with E-state index in [0.29, 0.717) is 4.68 Å². The van der Waals surface area contributed by atoms with Crippen molar-refractivity contribution in [2.24, 2.45) is 0 Å². The Kier molecular flexibility index (Phi) is 7.30. The molecule has 2 bridgehead atoms. The smallest absolute Gasteiger partial charge is 0.369 e. The zero-order valence-electron chi connectivity index (χ0n) is 22.1. The number of aromatic nitrogens is 9. The van der Waals surface area contributed by atoms with Crippen LogP contribution in [0.1, 0.15) is 0 Å². The summed E-state index contributed by atoms with van der Waals surface area (Å²) in [6.45, 7) is -12.2. The third-order valence-electron chi connectivity index (χ3n) is 7.29. The van der Waals surface area contributed by atoms with Crippen molar-refractivity contribution in [3.63, 3.8) is 0 Å². The van der Waals surface area contributed by atoms with Gasteiger partial charge < -0.3 is 29.6 Å². The number of ether oxygens (including phenoxy) is 2. The monoisotopic (exact) mass is 712 g/mol. The summed E-state index contributed by atoms with van der Waals surface area (Å²) >= 11 is 9.12. The van der Waals surface area contributed by atoms with Crippen LogP contribution in [0.25, 0.3) is 22.3 Å². The summed E-state index contributed by atoms with van der Waals surface area (Å²) in [5.41, 5.74) is 0.560. The SMILES string of the molecule is Nc1nc2c(nnn2[C@@]23CO[C@H](COP(O)(=S)O[C@@H]4[C@@H](COP(=O)(S)O2)OC[C@@]4(F)n2cnc4c(=O)[nH]cnc42)[C@@H]3F)c(=O)[nH]1. The molecule has 3 saturated heterocycles. The van der Waals surface area contributed by atoms with Crippen molar-refractivity contribution < 1.29 is 45.8 Å². The highest BCUT2D eigenvalue weighted by molar-refractivity contribution is 8.44. The van der Waals surface area contributed by atoms with Gasteiger partial charge in [0.1, 0.15) is 31.7 Å². The van der Waals surface area contributed by atoms with Crippen molar-refractivity contribution in [2.45, 2.75) is 36.0 Å². The van der Waals surface area contributed by atoms with E-state index in [-0.39, 0.29) is 28.3 Å². The van der Waals surface area contributed by atoms with Gasteiger partial charge in [0.2, 0.25) is 17.5 Å². The molecule has 0 aromatic carbocycles. The van der Waals surface area contributed by atoms with Crippen LogP contribution in [0, 0.1) is 0 Å². The fourth-order valence-corrected chi connectivity index (χ4v) is 8.31. The van der Waals surface area contributed by atoms with Crippen molar-refractivity contribution in [1.29, 1.82) is 0 Å². The van der Waals surface area contributed by atoms with Crippen LogP contribution in [0.2, 0.25) is 0 Å². The predicted octanol–water partition coefficient (Wildman–Crippen LogP) is -0.656. The highest BCUT2D eigenvalue weighted by Gasteiger charge is 2.61. The summed E-state index contributed by atoms with van der Waals surface area (Å²) in [6, 6.07) is 0. The molecule has 242 valence electrons. The van der Waals surface area contributed by atoms with E-state index in [4.69, 9.17) is 45.1 Å². The van der Waals surface area contributed by atoms with E-state index in [1.165, 1.54) is 0 Å². The van der Waals surface area contributed by atoms with Crippen LogP contribution in [0.5, 0.6) is 0 Å². The third-order valence-corrected chi connectivity index (χ3v) is 10.4. The van der Waals surface area contributed by atoms with Crippen LogP contribution in [0.4, 0.5) is 14.7 Å². The molecule has 0 aliphatic carbocycles. The molecule has 4 aromatic rings. The van der Waals surface area contributed by atoms with Gasteiger partial charge in [0.25, 0.3) is 11.1 Å². The van der Waals surface area contributed by atoms with E-state index in [0.717, 1.165) is 17.2 Å². The van der Waals surface area contributed by atoms with Gasteiger partial charge in [-0.1, -0.05) is 17.5 Å². The Morgan fingerprint density at radius 3 is 2.69 bits per heavy atom. The average Bonchev–Trinajstić information content (AvgIpc) is 3.73. The zero-order chi connectivity index (χ0) is 31.9. The van der Waals surface area contributed by atoms with E-state index in [1.54, 1.807) is 0 Å². The highest BCUT2D eigenvalue weighted by atomic mass is 32.7. The van der Waals surface area contributed by atoms with Crippen molar-refractivity contribution in [3.8, 4) is 0 Å². The Morgan fingerprint density at radius 2 is 1.89 bits per heavy atom. The number of fused-ring (bicyclic) bond motifs is 5. The summed E-state index contributed by atoms with van der Waals surface area (Å²) in [5.74, 6) is -3.11. The minimum atomic E-state index is -4.69. The Morgan fingerprint density at radius 1 is 1.13 bits per heavy atom. The molecule has 7 rings (SSSR count). The van der Waals surface area contributed by atoms with Crippen molar-refractivity contribution in [2.75, 3.05) is 32.2 Å². The number of rotatable bonds is 2. The summed E-state index contributed by atoms with van der Waals surface area (Å²) in [7, 11) is 0. The number of nitrogens with two attached hydrogens (primary N) is 1. The topological polar surface area (TPSA) is 259 Å². The number of aromatic amines is 2. The largest absolute Gasteiger partial charge is 0.388 e. The number of anilines is 1. The number of nitrogens with zero attached hydrogens (tertiary/aromatic N) is 7. The van der Waals surface area contributed by atoms with E-state index in [2.05, 4.69) is 47.5 Å². The average molecular weight is 713 g/mol. The number of imidazole rings is 1. The molecule has 3 aliphatic heterocycles. The lowest BCUT2D eigenvalue weighted by Crippen LogP contribution is -2.47. The lowest BCUT2D eigenvalue weighted by atomic mass is 10.1. The summed E-state index contributed by atoms with van der Waals surface area (Å²) < 4.78 is 81.5. The van der Waals surface area contributed by atoms with Crippen LogP contribution in [-0.2, 0) is 55.5 Å². The number of alkyl halides is 2. The molecule has 4 aromatic heterocycles. The minimum absolute atomic E-state index is 0.200. The first-order chi connectivity index (χ1) is 21.2. The molecule has 0 saturated carbocycles. The first kappa shape index (κ1) is 30.9. The summed E-state index contributed by atoms with van der Waals surface area (Å²) in [5, 5.41) is 7.49. The predicted molar refractivity (Wildman–Crippen MR) is 151 cm³/mol. The number of hydrogen-bond acceptors (Lipinski definition) is 16. The molecule has 0 amide bonds. The van der Waals surface area contributed by atoms with E-state index < -0.39 is 87.1 Å². The van der Waals surface area contributed by atoms with E-state index >= 15 is 8.78 Å². The van der Waals surface area contributed by atoms with Gasteiger partial charge in [-0.3, -0.25) is 32.7 Å². The van der Waals surface area contributed by atoms with Crippen LogP contribution in [-0.4, -0.2) is 100 Å². The van der Waals surface area contributed by atoms with Gasteiger partial charge in [-0.05, 0) is 11.8 Å². The van der Waals surface area contributed by atoms with Gasteiger partial charge in [0.15, 0.2) is 34.6 Å². The van der Waals surface area contributed by atoms with Crippen LogP contribution in [0.3, 0.4) is 0 Å². The number of halogens is 2. The standard InChI is InChI=1S/C19H20F2N10O10P2S2/c20-11-7-1-38-42(34,44)40-12-8(36-3-18(12,21)30-6-25-9-13(30)23-5-24-15(9)32)2-39-43(35,45)41-19(11,4-37-7)31-14-10(28-29-31)16(33)27-17(22)26-14/h5-8,11-12H,1-4H2,(H,34,44)(H,35,45)(H,23,24,32)(H3,22,26,27,33)/t7-,8-,11+,12-,18-,19+,42?,43?/m1/s1. The Hall–Kier alpha value is -2.76. The van der Waals surface area contributed by atoms with Gasteiger partial charge >= 0.3 is 13.5 Å². The molecule has 0 spiro atoms. The van der Waals surface area contributed by atoms with Crippen molar-refractivity contribution >= 4 is 65.8 Å². The lowest BCUT2D eigenvalue weighted by Gasteiger charge is -2.32. The van der Waals surface area contributed by atoms with Gasteiger partial charge in [-0.15, -0.1) is 5.10 Å². The molecule has 3 fully saturated rings. The molecular weight excluding hydrogens is 692 g/mol. The van der Waals surface area contributed by atoms with Gasteiger partial charge in [0.05, 0.1) is 19.5 Å². The second-order valence-corrected chi connectivity index (χ2v) is 15.7. The number of hydrogen-bond donors (Lipinski definition) is 5. The van der Waals surface area contributed by atoms with Crippen LogP contribution >= 0.6 is 25.8 Å². The normalized spacial score (nSPS) is 37.7. The first-order valence-corrected chi connectivity index (χ1v) is 17.9. The first-order valence-electron chi connectivity index (χ1n) is 12.7. The fourth-order valence-electron chi connectivity index (χ4n) is 5.23. The van der Waals surface area contributed by atoms with Crippen LogP contribution < -0.4 is 16.9 Å². The molecule has 26 heteroatoms. The zero-order valence-corrected chi connectivity index (χ0v) is 25.6. The molecule has 2 unspecified atom stereocenters. The number of thiol groups is 1. The molecule has 20 nitrogen and oxygen atoms in total. The lowest BCUT2D eigenvalue weighted by molar-refractivity contribution is -0.0744. The third kappa shape index (κ3) is 5.04. The van der Waals surface area contributed by atoms with Crippen molar-refractivity contribution in [1.82, 2.24) is 44.5 Å². The quantitative estimate of drug-likeness (QED) is 0.128. The van der Waals surface area contributed by atoms with E-state index in [1.807, 2.05) is 0 Å². The summed E-state index contributed by atoms with van der Waals surface area (Å²) in [6.07, 6.45) is -5.27. The Balaban J connectivity index is 1.28.